The van der Waals surface area contributed by atoms with Crippen LogP contribution in [0.2, 0.25) is 0 Å². The van der Waals surface area contributed by atoms with Crippen LogP contribution in [0, 0.1) is 0 Å². The fourth-order valence-electron chi connectivity index (χ4n) is 3.64. The molecule has 3 heterocycles. The summed E-state index contributed by atoms with van der Waals surface area (Å²) in [5, 5.41) is 39.4. The largest absolute Gasteiger partial charge is 0.507 e. The van der Waals surface area contributed by atoms with Crippen LogP contribution in [0.1, 0.15) is 12.8 Å². The van der Waals surface area contributed by atoms with Crippen molar-refractivity contribution < 1.29 is 10.2 Å². The number of phenolic OH excluding ortho intramolecular Hbond substituents is 1. The summed E-state index contributed by atoms with van der Waals surface area (Å²) >= 11 is 0. The van der Waals surface area contributed by atoms with Crippen molar-refractivity contribution in [2.45, 2.75) is 24.5 Å². The van der Waals surface area contributed by atoms with Gasteiger partial charge in [-0.1, -0.05) is 6.07 Å². The molecule has 3 aromatic rings. The second kappa shape index (κ2) is 6.54. The lowest BCUT2D eigenvalue weighted by atomic mass is 10.0. The first-order valence-corrected chi connectivity index (χ1v) is 9.35. The molecule has 2 aliphatic rings. The summed E-state index contributed by atoms with van der Waals surface area (Å²) in [6, 6.07) is 5.40. The highest BCUT2D eigenvalue weighted by Crippen LogP contribution is 2.39. The third kappa shape index (κ3) is 3.08. The van der Waals surface area contributed by atoms with Gasteiger partial charge in [-0.15, -0.1) is 10.2 Å². The third-order valence-corrected chi connectivity index (χ3v) is 5.52. The number of aromatic nitrogens is 5. The standard InChI is InChI=1S/C19H21N7O2/c27-16-7-12(13-8-22-23-9-13)1-2-14(16)15-10-21-18(25-24-15)26-6-5-20-17(11-26)19(28)3-4-19/h1-2,7-10,17,20,27-28H,3-6,11H2,(H,22,23). The molecule has 1 saturated carbocycles. The molecule has 1 atom stereocenters. The number of anilines is 1. The molecule has 0 radical (unpaired) electrons. The van der Waals surface area contributed by atoms with Crippen LogP contribution in [-0.4, -0.2) is 66.9 Å². The number of H-pyrrole nitrogens is 1. The van der Waals surface area contributed by atoms with Gasteiger partial charge in [0.25, 0.3) is 0 Å². The fourth-order valence-corrected chi connectivity index (χ4v) is 3.64. The maximum Gasteiger partial charge on any atom is 0.245 e. The lowest BCUT2D eigenvalue weighted by molar-refractivity contribution is 0.0994. The monoisotopic (exact) mass is 379 g/mol. The van der Waals surface area contributed by atoms with E-state index in [0.717, 1.165) is 37.1 Å². The van der Waals surface area contributed by atoms with Gasteiger partial charge in [-0.3, -0.25) is 5.10 Å². The summed E-state index contributed by atoms with van der Waals surface area (Å²) in [4.78, 5) is 6.48. The van der Waals surface area contributed by atoms with Gasteiger partial charge < -0.3 is 20.4 Å². The topological polar surface area (TPSA) is 123 Å². The molecule has 0 spiro atoms. The van der Waals surface area contributed by atoms with Crippen molar-refractivity contribution >= 4 is 5.95 Å². The Kier molecular flexibility index (Phi) is 3.99. The first-order chi connectivity index (χ1) is 13.6. The van der Waals surface area contributed by atoms with Crippen LogP contribution in [0.3, 0.4) is 0 Å². The number of aromatic hydroxyl groups is 1. The van der Waals surface area contributed by atoms with Gasteiger partial charge in [0.2, 0.25) is 5.95 Å². The molecule has 1 aliphatic heterocycles. The van der Waals surface area contributed by atoms with E-state index in [1.165, 1.54) is 0 Å². The highest BCUT2D eigenvalue weighted by molar-refractivity contribution is 5.73. The molecule has 144 valence electrons. The number of aromatic amines is 1. The zero-order valence-corrected chi connectivity index (χ0v) is 15.2. The van der Waals surface area contributed by atoms with E-state index in [-0.39, 0.29) is 11.8 Å². The van der Waals surface area contributed by atoms with Crippen LogP contribution in [0.15, 0.2) is 36.8 Å². The van der Waals surface area contributed by atoms with Crippen LogP contribution >= 0.6 is 0 Å². The highest BCUT2D eigenvalue weighted by Gasteiger charge is 2.49. The Bertz CT molecular complexity index is 970. The molecule has 2 aromatic heterocycles. The van der Waals surface area contributed by atoms with Gasteiger partial charge >= 0.3 is 0 Å². The van der Waals surface area contributed by atoms with E-state index in [2.05, 4.69) is 30.7 Å². The van der Waals surface area contributed by atoms with Crippen LogP contribution in [0.4, 0.5) is 5.95 Å². The molecule has 0 bridgehead atoms. The number of hydrogen-bond acceptors (Lipinski definition) is 8. The lowest BCUT2D eigenvalue weighted by Gasteiger charge is -2.36. The van der Waals surface area contributed by atoms with Crippen molar-refractivity contribution in [3.63, 3.8) is 0 Å². The minimum Gasteiger partial charge on any atom is -0.507 e. The van der Waals surface area contributed by atoms with E-state index < -0.39 is 5.60 Å². The summed E-state index contributed by atoms with van der Waals surface area (Å²) in [5.41, 5.74) is 2.25. The smallest absolute Gasteiger partial charge is 0.245 e. The summed E-state index contributed by atoms with van der Waals surface area (Å²) < 4.78 is 0. The van der Waals surface area contributed by atoms with Gasteiger partial charge in [0.15, 0.2) is 0 Å². The zero-order valence-electron chi connectivity index (χ0n) is 15.2. The molecule has 9 nitrogen and oxygen atoms in total. The second-order valence-corrected chi connectivity index (χ2v) is 7.42. The van der Waals surface area contributed by atoms with Gasteiger partial charge in [-0.05, 0) is 30.5 Å². The van der Waals surface area contributed by atoms with Crippen LogP contribution in [0.5, 0.6) is 5.75 Å². The lowest BCUT2D eigenvalue weighted by Crippen LogP contribution is -2.57. The number of rotatable bonds is 4. The first kappa shape index (κ1) is 17.1. The molecule has 1 unspecified atom stereocenters. The van der Waals surface area contributed by atoms with Crippen molar-refractivity contribution in [3.8, 4) is 28.1 Å². The van der Waals surface area contributed by atoms with E-state index in [1.807, 2.05) is 11.0 Å². The maximum atomic E-state index is 10.4. The Morgan fingerprint density at radius 1 is 1.14 bits per heavy atom. The number of nitrogens with zero attached hydrogens (tertiary/aromatic N) is 5. The Labute approximate surface area is 161 Å². The van der Waals surface area contributed by atoms with Gasteiger partial charge in [-0.25, -0.2) is 4.98 Å². The SMILES string of the molecule is Oc1cc(-c2cn[nH]c2)ccc1-c1cnc(N2CCNC(C3(O)CC3)C2)nn1. The van der Waals surface area contributed by atoms with Crippen LogP contribution < -0.4 is 10.2 Å². The van der Waals surface area contributed by atoms with Gasteiger partial charge in [0, 0.05) is 37.0 Å². The zero-order chi connectivity index (χ0) is 19.1. The van der Waals surface area contributed by atoms with Crippen molar-refractivity contribution in [1.82, 2.24) is 30.7 Å². The second-order valence-electron chi connectivity index (χ2n) is 7.42. The van der Waals surface area contributed by atoms with Crippen molar-refractivity contribution in [3.05, 3.63) is 36.8 Å². The molecule has 28 heavy (non-hydrogen) atoms. The molecule has 1 aliphatic carbocycles. The molecule has 0 amide bonds. The first-order valence-electron chi connectivity index (χ1n) is 9.35. The number of benzene rings is 1. The van der Waals surface area contributed by atoms with Crippen LogP contribution in [0.25, 0.3) is 22.4 Å². The fraction of sp³-hybridized carbons (Fsp3) is 0.368. The predicted molar refractivity (Wildman–Crippen MR) is 103 cm³/mol. The highest BCUT2D eigenvalue weighted by atomic mass is 16.3. The summed E-state index contributed by atoms with van der Waals surface area (Å²) in [7, 11) is 0. The van der Waals surface area contributed by atoms with E-state index in [0.29, 0.717) is 23.8 Å². The van der Waals surface area contributed by atoms with Gasteiger partial charge in [-0.2, -0.15) is 5.10 Å². The number of aliphatic hydroxyl groups is 1. The normalized spacial score (nSPS) is 20.9. The van der Waals surface area contributed by atoms with Crippen molar-refractivity contribution in [1.29, 1.82) is 0 Å². The average Bonchev–Trinajstić information content (AvgIpc) is 3.26. The molecule has 2 fully saturated rings. The predicted octanol–water partition coefficient (Wildman–Crippen LogP) is 0.937. The Morgan fingerprint density at radius 2 is 2.04 bits per heavy atom. The minimum absolute atomic E-state index is 0.0315. The summed E-state index contributed by atoms with van der Waals surface area (Å²) in [6.45, 7) is 2.19. The van der Waals surface area contributed by atoms with Crippen molar-refractivity contribution in [2.24, 2.45) is 0 Å². The molecule has 5 rings (SSSR count). The number of nitrogens with one attached hydrogen (secondary N) is 2. The molecule has 9 heteroatoms. The molecule has 1 aromatic carbocycles. The molecular weight excluding hydrogens is 358 g/mol. The quantitative estimate of drug-likeness (QED) is 0.528. The average molecular weight is 379 g/mol. The number of phenols is 1. The molecular formula is C19H21N7O2. The van der Waals surface area contributed by atoms with Crippen LogP contribution in [-0.2, 0) is 0 Å². The Balaban J connectivity index is 1.35. The molecule has 4 N–H and O–H groups in total. The minimum atomic E-state index is -0.589. The Morgan fingerprint density at radius 3 is 2.71 bits per heavy atom. The summed E-state index contributed by atoms with van der Waals surface area (Å²) in [6.07, 6.45) is 6.76. The van der Waals surface area contributed by atoms with Gasteiger partial charge in [0.1, 0.15) is 11.4 Å². The maximum absolute atomic E-state index is 10.4. The summed E-state index contributed by atoms with van der Waals surface area (Å²) in [5.74, 6) is 0.648. The van der Waals surface area contributed by atoms with Gasteiger partial charge in [0.05, 0.1) is 24.0 Å². The number of hydrogen-bond donors (Lipinski definition) is 4. The van der Waals surface area contributed by atoms with E-state index in [4.69, 9.17) is 0 Å². The Hall–Kier alpha value is -3.04. The van der Waals surface area contributed by atoms with E-state index in [1.54, 1.807) is 30.7 Å². The molecule has 1 saturated heterocycles. The van der Waals surface area contributed by atoms with E-state index >= 15 is 0 Å². The number of piperazine rings is 1. The third-order valence-electron chi connectivity index (χ3n) is 5.52. The van der Waals surface area contributed by atoms with E-state index in [9.17, 15) is 10.2 Å². The van der Waals surface area contributed by atoms with Crippen molar-refractivity contribution in [2.75, 3.05) is 24.5 Å².